The summed E-state index contributed by atoms with van der Waals surface area (Å²) in [4.78, 5) is 25.3. The van der Waals surface area contributed by atoms with E-state index in [-0.39, 0.29) is 28.7 Å². The predicted molar refractivity (Wildman–Crippen MR) is 127 cm³/mol. The minimum atomic E-state index is -3.73. The summed E-state index contributed by atoms with van der Waals surface area (Å²) in [6.45, 7) is 4.45. The molecule has 0 bridgehead atoms. The predicted octanol–water partition coefficient (Wildman–Crippen LogP) is 3.25. The van der Waals surface area contributed by atoms with Crippen molar-refractivity contribution in [2.24, 2.45) is 0 Å². The monoisotopic (exact) mass is 473 g/mol. The number of aryl methyl sites for hydroxylation is 2. The number of amides is 2. The van der Waals surface area contributed by atoms with E-state index in [0.717, 1.165) is 36.8 Å². The Labute approximate surface area is 195 Å². The molecule has 2 aromatic rings. The molecule has 1 heterocycles. The quantitative estimate of drug-likeness (QED) is 0.642. The van der Waals surface area contributed by atoms with Gasteiger partial charge in [-0.15, -0.1) is 0 Å². The first-order chi connectivity index (χ1) is 15.7. The van der Waals surface area contributed by atoms with Crippen LogP contribution in [0.25, 0.3) is 0 Å². The van der Waals surface area contributed by atoms with Crippen LogP contribution in [0.15, 0.2) is 41.3 Å². The highest BCUT2D eigenvalue weighted by atomic mass is 32.2. The minimum Gasteiger partial charge on any atom is -0.496 e. The zero-order valence-corrected chi connectivity index (χ0v) is 20.1. The molecule has 178 valence electrons. The van der Waals surface area contributed by atoms with Gasteiger partial charge >= 0.3 is 0 Å². The molecule has 9 heteroatoms. The average molecular weight is 474 g/mol. The van der Waals surface area contributed by atoms with E-state index in [1.54, 1.807) is 0 Å². The fraction of sp³-hybridized carbons (Fsp3) is 0.417. The van der Waals surface area contributed by atoms with Crippen LogP contribution in [0.2, 0.25) is 0 Å². The molecule has 8 nitrogen and oxygen atoms in total. The van der Waals surface area contributed by atoms with Gasteiger partial charge in [-0.05, 0) is 56.0 Å². The van der Waals surface area contributed by atoms with Crippen molar-refractivity contribution < 1.29 is 22.7 Å². The molecule has 2 amide bonds. The van der Waals surface area contributed by atoms with Gasteiger partial charge in [-0.1, -0.05) is 31.0 Å². The first kappa shape index (κ1) is 24.7. The van der Waals surface area contributed by atoms with Gasteiger partial charge in [0.2, 0.25) is 15.9 Å². The number of nitrogens with zero attached hydrogens (tertiary/aromatic N) is 1. The van der Waals surface area contributed by atoms with E-state index in [1.807, 2.05) is 32.0 Å². The Bertz CT molecular complexity index is 1100. The fourth-order valence-corrected chi connectivity index (χ4v) is 5.45. The van der Waals surface area contributed by atoms with Crippen LogP contribution in [-0.2, 0) is 14.8 Å². The van der Waals surface area contributed by atoms with Crippen molar-refractivity contribution in [3.05, 3.63) is 53.1 Å². The number of sulfonamides is 1. The van der Waals surface area contributed by atoms with Gasteiger partial charge in [0.1, 0.15) is 5.75 Å². The Morgan fingerprint density at radius 3 is 2.24 bits per heavy atom. The molecule has 1 fully saturated rings. The van der Waals surface area contributed by atoms with Crippen LogP contribution < -0.4 is 15.4 Å². The van der Waals surface area contributed by atoms with Gasteiger partial charge in [-0.25, -0.2) is 8.42 Å². The molecule has 1 aliphatic heterocycles. The van der Waals surface area contributed by atoms with Gasteiger partial charge in [-0.3, -0.25) is 9.59 Å². The van der Waals surface area contributed by atoms with E-state index in [9.17, 15) is 18.0 Å². The zero-order valence-electron chi connectivity index (χ0n) is 19.3. The van der Waals surface area contributed by atoms with Gasteiger partial charge in [0, 0.05) is 18.8 Å². The number of methoxy groups -OCH3 is 1. The molecular weight excluding hydrogens is 442 g/mol. The summed E-state index contributed by atoms with van der Waals surface area (Å²) in [7, 11) is -2.32. The van der Waals surface area contributed by atoms with Crippen LogP contribution in [0.3, 0.4) is 0 Å². The summed E-state index contributed by atoms with van der Waals surface area (Å²) in [5.41, 5.74) is 2.61. The molecule has 0 atom stereocenters. The third-order valence-electron chi connectivity index (χ3n) is 5.77. The average Bonchev–Trinajstić information content (AvgIpc) is 3.10. The van der Waals surface area contributed by atoms with Crippen LogP contribution in [0, 0.1) is 13.8 Å². The number of hydrogen-bond acceptors (Lipinski definition) is 5. The lowest BCUT2D eigenvalue weighted by molar-refractivity contribution is -0.115. The SMILES string of the molecule is COc1ccc(S(=O)(=O)N2CCCCCC2)cc1C(=O)NCC(=O)Nc1c(C)cccc1C. The molecular formula is C24H31N3O5S. The van der Waals surface area contributed by atoms with Crippen molar-refractivity contribution in [1.29, 1.82) is 0 Å². The van der Waals surface area contributed by atoms with Gasteiger partial charge in [-0.2, -0.15) is 4.31 Å². The number of hydrogen-bond donors (Lipinski definition) is 2. The summed E-state index contributed by atoms with van der Waals surface area (Å²) in [6, 6.07) is 9.92. The number of rotatable bonds is 7. The van der Waals surface area contributed by atoms with Crippen molar-refractivity contribution >= 4 is 27.5 Å². The topological polar surface area (TPSA) is 105 Å². The molecule has 0 aliphatic carbocycles. The summed E-state index contributed by atoms with van der Waals surface area (Å²) >= 11 is 0. The zero-order chi connectivity index (χ0) is 24.0. The summed E-state index contributed by atoms with van der Waals surface area (Å²) in [6.07, 6.45) is 3.65. The molecule has 3 rings (SSSR count). The second-order valence-corrected chi connectivity index (χ2v) is 10.1. The molecule has 0 unspecified atom stereocenters. The molecule has 0 radical (unpaired) electrons. The fourth-order valence-electron chi connectivity index (χ4n) is 3.91. The van der Waals surface area contributed by atoms with Crippen LogP contribution >= 0.6 is 0 Å². The van der Waals surface area contributed by atoms with Gasteiger partial charge in [0.25, 0.3) is 5.91 Å². The van der Waals surface area contributed by atoms with E-state index in [0.29, 0.717) is 18.8 Å². The molecule has 2 N–H and O–H groups in total. The Morgan fingerprint density at radius 1 is 1.00 bits per heavy atom. The summed E-state index contributed by atoms with van der Waals surface area (Å²) < 4.78 is 33.0. The summed E-state index contributed by atoms with van der Waals surface area (Å²) in [5, 5.41) is 5.37. The highest BCUT2D eigenvalue weighted by molar-refractivity contribution is 7.89. The standard InChI is InChI=1S/C24H31N3O5S/c1-17-9-8-10-18(2)23(17)26-22(28)16-25-24(29)20-15-19(11-12-21(20)32-3)33(30,31)27-13-6-4-5-7-14-27/h8-12,15H,4-7,13-14,16H2,1-3H3,(H,25,29)(H,26,28). The van der Waals surface area contributed by atoms with E-state index in [2.05, 4.69) is 10.6 Å². The largest absolute Gasteiger partial charge is 0.496 e. The number of anilines is 1. The number of carbonyl (C=O) groups is 2. The summed E-state index contributed by atoms with van der Waals surface area (Å²) in [5.74, 6) is -0.734. The second kappa shape index (κ2) is 10.8. The van der Waals surface area contributed by atoms with Crippen LogP contribution in [0.4, 0.5) is 5.69 Å². The number of para-hydroxylation sites is 1. The first-order valence-corrected chi connectivity index (χ1v) is 12.5. The molecule has 0 saturated carbocycles. The molecule has 1 saturated heterocycles. The van der Waals surface area contributed by atoms with Gasteiger partial charge in [0.15, 0.2) is 0 Å². The maximum Gasteiger partial charge on any atom is 0.255 e. The number of carbonyl (C=O) groups excluding carboxylic acids is 2. The lowest BCUT2D eigenvalue weighted by Crippen LogP contribution is -2.34. The van der Waals surface area contributed by atoms with Crippen molar-refractivity contribution in [3.63, 3.8) is 0 Å². The van der Waals surface area contributed by atoms with E-state index < -0.39 is 15.9 Å². The Kier molecular flexibility index (Phi) is 8.10. The molecule has 2 aromatic carbocycles. The smallest absolute Gasteiger partial charge is 0.255 e. The highest BCUT2D eigenvalue weighted by Crippen LogP contribution is 2.26. The Balaban J connectivity index is 1.74. The van der Waals surface area contributed by atoms with Gasteiger partial charge < -0.3 is 15.4 Å². The van der Waals surface area contributed by atoms with Crippen LogP contribution in [0.1, 0.15) is 47.2 Å². The lowest BCUT2D eigenvalue weighted by atomic mass is 10.1. The maximum absolute atomic E-state index is 13.1. The maximum atomic E-state index is 13.1. The highest BCUT2D eigenvalue weighted by Gasteiger charge is 2.27. The molecule has 1 aliphatic rings. The first-order valence-electron chi connectivity index (χ1n) is 11.1. The Hall–Kier alpha value is -2.91. The van der Waals surface area contributed by atoms with E-state index in [4.69, 9.17) is 4.74 Å². The molecule has 33 heavy (non-hydrogen) atoms. The van der Waals surface area contributed by atoms with Crippen molar-refractivity contribution in [1.82, 2.24) is 9.62 Å². The van der Waals surface area contributed by atoms with Crippen molar-refractivity contribution in [2.75, 3.05) is 32.1 Å². The molecule has 0 aromatic heterocycles. The number of nitrogens with one attached hydrogen (secondary N) is 2. The van der Waals surface area contributed by atoms with E-state index >= 15 is 0 Å². The number of benzene rings is 2. The number of ether oxygens (including phenoxy) is 1. The van der Waals surface area contributed by atoms with Gasteiger partial charge in [0.05, 0.1) is 24.1 Å². The van der Waals surface area contributed by atoms with Crippen LogP contribution in [-0.4, -0.2) is 51.3 Å². The third kappa shape index (κ3) is 5.91. The Morgan fingerprint density at radius 2 is 1.64 bits per heavy atom. The van der Waals surface area contributed by atoms with Crippen molar-refractivity contribution in [3.8, 4) is 5.75 Å². The normalized spacial score (nSPS) is 14.9. The minimum absolute atomic E-state index is 0.0373. The second-order valence-electron chi connectivity index (χ2n) is 8.18. The molecule has 0 spiro atoms. The van der Waals surface area contributed by atoms with E-state index in [1.165, 1.54) is 29.6 Å². The van der Waals surface area contributed by atoms with Crippen LogP contribution in [0.5, 0.6) is 5.75 Å². The lowest BCUT2D eigenvalue weighted by Gasteiger charge is -2.20. The van der Waals surface area contributed by atoms with Crippen molar-refractivity contribution in [2.45, 2.75) is 44.4 Å². The third-order valence-corrected chi connectivity index (χ3v) is 7.67.